The second kappa shape index (κ2) is 13.3. The largest absolute Gasteiger partial charge is 0.493 e. The fourth-order valence-electron chi connectivity index (χ4n) is 9.07. The van der Waals surface area contributed by atoms with Crippen LogP contribution in [0.5, 0.6) is 5.75 Å². The van der Waals surface area contributed by atoms with E-state index < -0.39 is 23.3 Å². The molecule has 2 amide bonds. The molecule has 260 valence electrons. The summed E-state index contributed by atoms with van der Waals surface area (Å²) in [5, 5.41) is 18.7. The van der Waals surface area contributed by atoms with Gasteiger partial charge >= 0.3 is 5.97 Å². The Morgan fingerprint density at radius 2 is 1.82 bits per heavy atom. The van der Waals surface area contributed by atoms with Crippen molar-refractivity contribution in [3.05, 3.63) is 88.1 Å². The number of nitrogens with one attached hydrogen (secondary N) is 2. The first-order valence-electron chi connectivity index (χ1n) is 17.5. The molecule has 5 N–H and O–H groups in total. The van der Waals surface area contributed by atoms with Gasteiger partial charge in [-0.3, -0.25) is 9.59 Å². The van der Waals surface area contributed by atoms with E-state index in [1.165, 1.54) is 6.42 Å². The Hall–Kier alpha value is -4.54. The summed E-state index contributed by atoms with van der Waals surface area (Å²) in [6.07, 6.45) is 7.09. The monoisotopic (exact) mass is 692 g/mol. The van der Waals surface area contributed by atoms with E-state index in [0.29, 0.717) is 48.4 Å². The van der Waals surface area contributed by atoms with Crippen LogP contribution in [0.15, 0.2) is 60.0 Å². The average Bonchev–Trinajstić information content (AvgIpc) is 3.48. The first-order valence-corrected chi connectivity index (χ1v) is 18.4. The number of ether oxygens (including phenoxy) is 1. The SMILES string of the molecule is CCC12CC(C)CC(C1)CC(C)(NC(=O)c1ccc(-c3cc4c(cc3C(=O)Nc3ccc(CN)cc3)-c3sccc3CCO4)c(C(=O)O)n1)C2. The van der Waals surface area contributed by atoms with E-state index in [0.717, 1.165) is 53.7 Å². The lowest BCUT2D eigenvalue weighted by Gasteiger charge is -2.54. The summed E-state index contributed by atoms with van der Waals surface area (Å²) in [7, 11) is 0. The average molecular weight is 693 g/mol. The maximum absolute atomic E-state index is 14.0. The molecule has 4 atom stereocenters. The number of amides is 2. The molecule has 4 unspecified atom stereocenters. The van der Waals surface area contributed by atoms with Crippen LogP contribution in [0, 0.1) is 17.3 Å². The number of benzene rings is 2. The third kappa shape index (κ3) is 6.54. The van der Waals surface area contributed by atoms with Crippen LogP contribution in [-0.4, -0.2) is 40.0 Å². The second-order valence-corrected chi connectivity index (χ2v) is 15.8. The van der Waals surface area contributed by atoms with Crippen LogP contribution < -0.4 is 21.1 Å². The number of hydrogen-bond acceptors (Lipinski definition) is 7. The molecule has 10 heteroatoms. The number of aromatic carboxylic acids is 1. The normalized spacial score (nSPS) is 23.8. The van der Waals surface area contributed by atoms with Crippen LogP contribution in [0.25, 0.3) is 21.6 Å². The van der Waals surface area contributed by atoms with Crippen LogP contribution in [0.1, 0.15) is 102 Å². The number of nitrogens with zero attached hydrogens (tertiary/aromatic N) is 1. The number of carbonyl (C=O) groups is 3. The van der Waals surface area contributed by atoms with Crippen LogP contribution in [0.4, 0.5) is 5.69 Å². The highest BCUT2D eigenvalue weighted by Crippen LogP contribution is 2.55. The molecule has 0 radical (unpaired) electrons. The number of thiophene rings is 1. The Morgan fingerprint density at radius 3 is 2.56 bits per heavy atom. The molecule has 2 saturated carbocycles. The highest BCUT2D eigenvalue weighted by atomic mass is 32.1. The predicted octanol–water partition coefficient (Wildman–Crippen LogP) is 7.94. The van der Waals surface area contributed by atoms with Crippen LogP contribution in [0.3, 0.4) is 0 Å². The van der Waals surface area contributed by atoms with E-state index in [1.54, 1.807) is 47.7 Å². The van der Waals surface area contributed by atoms with Crippen LogP contribution in [0.2, 0.25) is 0 Å². The van der Waals surface area contributed by atoms with Gasteiger partial charge < -0.3 is 26.2 Å². The third-order valence-electron chi connectivity index (χ3n) is 11.0. The smallest absolute Gasteiger partial charge is 0.355 e. The van der Waals surface area contributed by atoms with E-state index in [4.69, 9.17) is 10.5 Å². The number of carboxylic acid groups (broad SMARTS) is 1. The minimum Gasteiger partial charge on any atom is -0.493 e. The van der Waals surface area contributed by atoms with Crippen molar-refractivity contribution in [3.63, 3.8) is 0 Å². The van der Waals surface area contributed by atoms with Crippen molar-refractivity contribution in [2.75, 3.05) is 11.9 Å². The molecule has 2 aromatic carbocycles. The first kappa shape index (κ1) is 33.9. The van der Waals surface area contributed by atoms with Crippen molar-refractivity contribution in [1.82, 2.24) is 10.3 Å². The summed E-state index contributed by atoms with van der Waals surface area (Å²) >= 11 is 1.57. The van der Waals surface area contributed by atoms with E-state index in [-0.39, 0.29) is 27.9 Å². The quantitative estimate of drug-likeness (QED) is 0.147. The van der Waals surface area contributed by atoms with E-state index >= 15 is 0 Å². The zero-order valence-electron chi connectivity index (χ0n) is 28.8. The molecule has 2 aliphatic carbocycles. The van der Waals surface area contributed by atoms with Crippen molar-refractivity contribution >= 4 is 34.8 Å². The molecular formula is C40H44N4O5S. The Morgan fingerprint density at radius 1 is 1.02 bits per heavy atom. The summed E-state index contributed by atoms with van der Waals surface area (Å²) in [5.74, 6) is -0.332. The number of rotatable bonds is 8. The number of carbonyl (C=O) groups excluding carboxylic acids is 2. The lowest BCUT2D eigenvalue weighted by atomic mass is 9.54. The number of nitrogens with two attached hydrogens (primary N) is 1. The highest BCUT2D eigenvalue weighted by molar-refractivity contribution is 7.13. The molecule has 9 nitrogen and oxygen atoms in total. The zero-order chi connectivity index (χ0) is 35.2. The van der Waals surface area contributed by atoms with Gasteiger partial charge in [0.2, 0.25) is 0 Å². The summed E-state index contributed by atoms with van der Waals surface area (Å²) in [6.45, 7) is 7.52. The summed E-state index contributed by atoms with van der Waals surface area (Å²) in [5.41, 5.74) is 9.50. The predicted molar refractivity (Wildman–Crippen MR) is 196 cm³/mol. The standard InChI is InChI=1S/C40H44N4O5S/c1-4-40-18-23(2)15-25(20-40)19-39(3,22-40)44-37(46)32-10-9-28(34(43-32)38(47)48)29-17-33-31(35-26(11-13-49-33)12-14-50-35)16-30(29)36(45)42-27-7-5-24(21-41)6-8-27/h5-10,12,14,16-17,23,25H,4,11,13,15,18-22,41H2,1-3H3,(H,42,45)(H,44,46)(H,47,48). The molecule has 0 saturated heterocycles. The van der Waals surface area contributed by atoms with Gasteiger partial charge in [0.05, 0.1) is 6.61 Å². The minimum atomic E-state index is -1.30. The Balaban J connectivity index is 1.26. The van der Waals surface area contributed by atoms with Crippen molar-refractivity contribution in [1.29, 1.82) is 0 Å². The van der Waals surface area contributed by atoms with Gasteiger partial charge in [-0.05, 0) is 115 Å². The van der Waals surface area contributed by atoms with Gasteiger partial charge in [-0.15, -0.1) is 11.3 Å². The minimum absolute atomic E-state index is 0.0299. The molecular weight excluding hydrogens is 649 g/mol. The van der Waals surface area contributed by atoms with Gasteiger partial charge in [0, 0.05) is 51.3 Å². The fraction of sp³-hybridized carbons (Fsp3) is 0.400. The zero-order valence-corrected chi connectivity index (χ0v) is 29.6. The van der Waals surface area contributed by atoms with E-state index in [1.807, 2.05) is 17.5 Å². The maximum atomic E-state index is 14.0. The Labute approximate surface area is 296 Å². The molecule has 3 aliphatic rings. The number of aromatic nitrogens is 1. The molecule has 4 aromatic rings. The number of fused-ring (bicyclic) bond motifs is 5. The van der Waals surface area contributed by atoms with Gasteiger partial charge in [0.1, 0.15) is 11.4 Å². The van der Waals surface area contributed by atoms with Crippen molar-refractivity contribution in [3.8, 4) is 27.3 Å². The topological polar surface area (TPSA) is 144 Å². The maximum Gasteiger partial charge on any atom is 0.355 e. The Bertz CT molecular complexity index is 1970. The summed E-state index contributed by atoms with van der Waals surface area (Å²) in [4.78, 5) is 46.1. The van der Waals surface area contributed by atoms with Crippen molar-refractivity contribution in [2.24, 2.45) is 23.0 Å². The highest BCUT2D eigenvalue weighted by Gasteiger charge is 2.49. The van der Waals surface area contributed by atoms with Gasteiger partial charge in [-0.2, -0.15) is 0 Å². The summed E-state index contributed by atoms with van der Waals surface area (Å²) < 4.78 is 6.17. The summed E-state index contributed by atoms with van der Waals surface area (Å²) in [6, 6.07) is 16.0. The Kier molecular flexibility index (Phi) is 9.03. The van der Waals surface area contributed by atoms with Gasteiger partial charge in [0.25, 0.3) is 11.8 Å². The molecule has 7 rings (SSSR count). The van der Waals surface area contributed by atoms with Crippen LogP contribution >= 0.6 is 11.3 Å². The van der Waals surface area contributed by atoms with E-state index in [2.05, 4.69) is 42.5 Å². The number of hydrogen-bond donors (Lipinski definition) is 4. The molecule has 3 heterocycles. The lowest BCUT2D eigenvalue weighted by Crippen LogP contribution is -2.56. The number of anilines is 1. The fourth-order valence-corrected chi connectivity index (χ4v) is 10.0. The van der Waals surface area contributed by atoms with Crippen LogP contribution in [-0.2, 0) is 13.0 Å². The van der Waals surface area contributed by atoms with Gasteiger partial charge in [-0.1, -0.05) is 32.4 Å². The first-order chi connectivity index (χ1) is 24.0. The second-order valence-electron chi connectivity index (χ2n) is 14.9. The molecule has 2 aromatic heterocycles. The molecule has 0 spiro atoms. The molecule has 2 fully saturated rings. The van der Waals surface area contributed by atoms with Crippen molar-refractivity contribution in [2.45, 2.75) is 77.8 Å². The molecule has 1 aliphatic heterocycles. The third-order valence-corrected chi connectivity index (χ3v) is 12.0. The molecule has 2 bridgehead atoms. The molecule has 50 heavy (non-hydrogen) atoms. The van der Waals surface area contributed by atoms with E-state index in [9.17, 15) is 19.5 Å². The van der Waals surface area contributed by atoms with Gasteiger partial charge in [0.15, 0.2) is 5.69 Å². The number of carboxylic acids is 1. The van der Waals surface area contributed by atoms with Gasteiger partial charge in [-0.25, -0.2) is 9.78 Å². The van der Waals surface area contributed by atoms with Crippen molar-refractivity contribution < 1.29 is 24.2 Å². The lowest BCUT2D eigenvalue weighted by molar-refractivity contribution is -0.00778. The number of pyridine rings is 1.